The second-order valence-corrected chi connectivity index (χ2v) is 6.37. The number of nitrogens with two attached hydrogens (primary N) is 1. The first-order valence-electron chi connectivity index (χ1n) is 6.85. The minimum atomic E-state index is 0.0320. The van der Waals surface area contributed by atoms with Gasteiger partial charge in [0.05, 0.1) is 0 Å². The second kappa shape index (κ2) is 6.20. The van der Waals surface area contributed by atoms with E-state index in [1.165, 1.54) is 5.56 Å². The highest BCUT2D eigenvalue weighted by Crippen LogP contribution is 2.26. The average molecular weight is 262 g/mol. The van der Waals surface area contributed by atoms with Gasteiger partial charge in [0, 0.05) is 12.1 Å². The Morgan fingerprint density at radius 2 is 2.00 bits per heavy atom. The SMILES string of the molecule is Cc1cc(C(C)(C)C)ccc1NC(=O)CC(C)CN. The van der Waals surface area contributed by atoms with Crippen LogP contribution < -0.4 is 11.1 Å². The maximum atomic E-state index is 11.8. The Bertz CT molecular complexity index is 447. The van der Waals surface area contributed by atoms with E-state index in [-0.39, 0.29) is 17.2 Å². The summed E-state index contributed by atoms with van der Waals surface area (Å²) in [5.41, 5.74) is 8.92. The lowest BCUT2D eigenvalue weighted by Gasteiger charge is -2.21. The number of anilines is 1. The summed E-state index contributed by atoms with van der Waals surface area (Å²) >= 11 is 0. The van der Waals surface area contributed by atoms with Gasteiger partial charge in [-0.15, -0.1) is 0 Å². The number of carbonyl (C=O) groups is 1. The number of carbonyl (C=O) groups excluding carboxylic acids is 1. The van der Waals surface area contributed by atoms with Crippen LogP contribution >= 0.6 is 0 Å². The number of hydrogen-bond donors (Lipinski definition) is 2. The van der Waals surface area contributed by atoms with Crippen LogP contribution in [0.2, 0.25) is 0 Å². The minimum absolute atomic E-state index is 0.0320. The number of amides is 1. The van der Waals surface area contributed by atoms with Crippen LogP contribution in [0.1, 0.15) is 45.2 Å². The van der Waals surface area contributed by atoms with Crippen LogP contribution in [0.3, 0.4) is 0 Å². The molecule has 1 aromatic carbocycles. The van der Waals surface area contributed by atoms with Crippen LogP contribution in [0.25, 0.3) is 0 Å². The zero-order valence-electron chi connectivity index (χ0n) is 12.7. The van der Waals surface area contributed by atoms with Crippen molar-refractivity contribution in [1.82, 2.24) is 0 Å². The lowest BCUT2D eigenvalue weighted by Crippen LogP contribution is -2.20. The van der Waals surface area contributed by atoms with Crippen molar-refractivity contribution in [2.75, 3.05) is 11.9 Å². The molecule has 0 aliphatic carbocycles. The van der Waals surface area contributed by atoms with Crippen LogP contribution in [-0.2, 0) is 10.2 Å². The highest BCUT2D eigenvalue weighted by Gasteiger charge is 2.15. The van der Waals surface area contributed by atoms with E-state index in [1.807, 2.05) is 19.9 Å². The lowest BCUT2D eigenvalue weighted by atomic mass is 9.86. The van der Waals surface area contributed by atoms with Crippen LogP contribution in [0.4, 0.5) is 5.69 Å². The average Bonchev–Trinajstić information content (AvgIpc) is 2.30. The molecule has 106 valence electrons. The second-order valence-electron chi connectivity index (χ2n) is 6.37. The van der Waals surface area contributed by atoms with Crippen molar-refractivity contribution in [3.05, 3.63) is 29.3 Å². The molecular formula is C16H26N2O. The van der Waals surface area contributed by atoms with Crippen molar-refractivity contribution in [3.8, 4) is 0 Å². The molecule has 1 unspecified atom stereocenters. The molecule has 19 heavy (non-hydrogen) atoms. The third-order valence-corrected chi connectivity index (χ3v) is 3.30. The lowest BCUT2D eigenvalue weighted by molar-refractivity contribution is -0.116. The van der Waals surface area contributed by atoms with Gasteiger partial charge in [0.1, 0.15) is 0 Å². The van der Waals surface area contributed by atoms with Crippen LogP contribution in [-0.4, -0.2) is 12.5 Å². The first-order valence-corrected chi connectivity index (χ1v) is 6.85. The molecule has 1 rings (SSSR count). The normalized spacial score (nSPS) is 13.2. The molecule has 0 saturated heterocycles. The third kappa shape index (κ3) is 4.67. The molecule has 0 spiro atoms. The number of nitrogens with one attached hydrogen (secondary N) is 1. The van der Waals surface area contributed by atoms with E-state index < -0.39 is 0 Å². The molecule has 0 fully saturated rings. The first kappa shape index (κ1) is 15.7. The van der Waals surface area contributed by atoms with Gasteiger partial charge in [0.2, 0.25) is 5.91 Å². The Hall–Kier alpha value is -1.35. The van der Waals surface area contributed by atoms with Crippen molar-refractivity contribution in [2.45, 2.75) is 46.5 Å². The molecular weight excluding hydrogens is 236 g/mol. The number of aryl methyl sites for hydroxylation is 1. The van der Waals surface area contributed by atoms with Gasteiger partial charge in [0.15, 0.2) is 0 Å². The highest BCUT2D eigenvalue weighted by atomic mass is 16.1. The van der Waals surface area contributed by atoms with Gasteiger partial charge in [-0.2, -0.15) is 0 Å². The van der Waals surface area contributed by atoms with Crippen molar-refractivity contribution >= 4 is 11.6 Å². The van der Waals surface area contributed by atoms with E-state index in [9.17, 15) is 4.79 Å². The smallest absolute Gasteiger partial charge is 0.224 e. The summed E-state index contributed by atoms with van der Waals surface area (Å²) in [5, 5.41) is 2.96. The van der Waals surface area contributed by atoms with Crippen molar-refractivity contribution in [1.29, 1.82) is 0 Å². The van der Waals surface area contributed by atoms with E-state index >= 15 is 0 Å². The molecule has 1 aromatic rings. The summed E-state index contributed by atoms with van der Waals surface area (Å²) in [6, 6.07) is 6.21. The van der Waals surface area contributed by atoms with Gasteiger partial charge in [-0.3, -0.25) is 4.79 Å². The van der Waals surface area contributed by atoms with Crippen molar-refractivity contribution in [2.24, 2.45) is 11.7 Å². The minimum Gasteiger partial charge on any atom is -0.330 e. The zero-order valence-corrected chi connectivity index (χ0v) is 12.7. The highest BCUT2D eigenvalue weighted by molar-refractivity contribution is 5.91. The van der Waals surface area contributed by atoms with E-state index in [2.05, 4.69) is 38.2 Å². The van der Waals surface area contributed by atoms with Crippen molar-refractivity contribution < 1.29 is 4.79 Å². The molecule has 0 bridgehead atoms. The predicted octanol–water partition coefficient (Wildman–Crippen LogP) is 3.22. The fourth-order valence-corrected chi connectivity index (χ4v) is 1.87. The Morgan fingerprint density at radius 1 is 1.37 bits per heavy atom. The van der Waals surface area contributed by atoms with Gasteiger partial charge in [-0.05, 0) is 42.0 Å². The quantitative estimate of drug-likeness (QED) is 0.875. The van der Waals surface area contributed by atoms with E-state index in [4.69, 9.17) is 5.73 Å². The molecule has 3 heteroatoms. The maximum Gasteiger partial charge on any atom is 0.224 e. The first-order chi connectivity index (χ1) is 8.74. The molecule has 3 nitrogen and oxygen atoms in total. The maximum absolute atomic E-state index is 11.8. The summed E-state index contributed by atoms with van der Waals surface area (Å²) in [6.07, 6.45) is 0.469. The monoisotopic (exact) mass is 262 g/mol. The van der Waals surface area contributed by atoms with Gasteiger partial charge < -0.3 is 11.1 Å². The standard InChI is InChI=1S/C16H26N2O/c1-11(10-17)8-15(19)18-14-7-6-13(9-12(14)2)16(3,4)5/h6-7,9,11H,8,10,17H2,1-5H3,(H,18,19). The molecule has 1 amide bonds. The molecule has 0 aliphatic heterocycles. The van der Waals surface area contributed by atoms with Crippen molar-refractivity contribution in [3.63, 3.8) is 0 Å². The summed E-state index contributed by atoms with van der Waals surface area (Å²) in [7, 11) is 0. The topological polar surface area (TPSA) is 55.1 Å². The molecule has 0 heterocycles. The van der Waals surface area contributed by atoms with E-state index in [0.717, 1.165) is 11.3 Å². The fraction of sp³-hybridized carbons (Fsp3) is 0.562. The van der Waals surface area contributed by atoms with Gasteiger partial charge in [-0.1, -0.05) is 39.8 Å². The van der Waals surface area contributed by atoms with Crippen LogP contribution in [0.15, 0.2) is 18.2 Å². The third-order valence-electron chi connectivity index (χ3n) is 3.30. The fourth-order valence-electron chi connectivity index (χ4n) is 1.87. The summed E-state index contributed by atoms with van der Waals surface area (Å²) in [4.78, 5) is 11.8. The van der Waals surface area contributed by atoms with Crippen LogP contribution in [0.5, 0.6) is 0 Å². The summed E-state index contributed by atoms with van der Waals surface area (Å²) < 4.78 is 0. The summed E-state index contributed by atoms with van der Waals surface area (Å²) in [5.74, 6) is 0.249. The predicted molar refractivity (Wildman–Crippen MR) is 81.3 cm³/mol. The molecule has 0 radical (unpaired) electrons. The molecule has 1 atom stereocenters. The van der Waals surface area contributed by atoms with E-state index in [0.29, 0.717) is 13.0 Å². The Kier molecular flexibility index (Phi) is 5.12. The van der Waals surface area contributed by atoms with Crippen LogP contribution in [0, 0.1) is 12.8 Å². The Balaban J connectivity index is 2.78. The van der Waals surface area contributed by atoms with Gasteiger partial charge in [0.25, 0.3) is 0 Å². The molecule has 0 aliphatic rings. The largest absolute Gasteiger partial charge is 0.330 e. The number of hydrogen-bond acceptors (Lipinski definition) is 2. The Morgan fingerprint density at radius 3 is 2.47 bits per heavy atom. The molecule has 3 N–H and O–H groups in total. The van der Waals surface area contributed by atoms with E-state index in [1.54, 1.807) is 0 Å². The molecule has 0 saturated carbocycles. The Labute approximate surface area is 116 Å². The molecule has 0 aromatic heterocycles. The number of benzene rings is 1. The zero-order chi connectivity index (χ0) is 14.6. The van der Waals surface area contributed by atoms with Gasteiger partial charge in [-0.25, -0.2) is 0 Å². The number of rotatable bonds is 4. The van der Waals surface area contributed by atoms with Gasteiger partial charge >= 0.3 is 0 Å². The summed E-state index contributed by atoms with van der Waals surface area (Å²) in [6.45, 7) is 11.1.